The zero-order valence-corrected chi connectivity index (χ0v) is 10.5. The first kappa shape index (κ1) is 11.7. The van der Waals surface area contributed by atoms with E-state index in [0.29, 0.717) is 6.42 Å². The Morgan fingerprint density at radius 1 is 1.64 bits per heavy atom. The van der Waals surface area contributed by atoms with E-state index in [2.05, 4.69) is 25.9 Å². The van der Waals surface area contributed by atoms with E-state index in [1.165, 1.54) is 6.26 Å². The van der Waals surface area contributed by atoms with Crippen LogP contribution in [0.3, 0.4) is 0 Å². The van der Waals surface area contributed by atoms with Gasteiger partial charge in [0.2, 0.25) is 0 Å². The predicted molar refractivity (Wildman–Crippen MR) is 59.3 cm³/mol. The van der Waals surface area contributed by atoms with Crippen molar-refractivity contribution in [3.05, 3.63) is 18.2 Å². The summed E-state index contributed by atoms with van der Waals surface area (Å²) in [5.41, 5.74) is 0. The Balaban J connectivity index is 2.63. The van der Waals surface area contributed by atoms with E-state index < -0.39 is 15.1 Å². The molecule has 6 heteroatoms. The number of halogens is 1. The van der Waals surface area contributed by atoms with Crippen molar-refractivity contribution in [2.75, 3.05) is 6.26 Å². The normalized spacial score (nSPS) is 16.5. The van der Waals surface area contributed by atoms with Crippen molar-refractivity contribution in [3.8, 4) is 0 Å². The lowest BCUT2D eigenvalue weighted by molar-refractivity contribution is 0.585. The Labute approximate surface area is 92.2 Å². The summed E-state index contributed by atoms with van der Waals surface area (Å²) in [6.07, 6.45) is 5.20. The van der Waals surface area contributed by atoms with Gasteiger partial charge in [-0.3, -0.25) is 0 Å². The van der Waals surface area contributed by atoms with Gasteiger partial charge in [-0.15, -0.1) is 0 Å². The molecule has 0 aliphatic carbocycles. The van der Waals surface area contributed by atoms with Crippen LogP contribution in [0.5, 0.6) is 0 Å². The number of nitrogens with one attached hydrogen (secondary N) is 1. The van der Waals surface area contributed by atoms with Gasteiger partial charge in [0.15, 0.2) is 9.84 Å². The third kappa shape index (κ3) is 3.09. The van der Waals surface area contributed by atoms with Gasteiger partial charge in [0.25, 0.3) is 0 Å². The number of rotatable bonds is 4. The summed E-state index contributed by atoms with van der Waals surface area (Å²) in [6, 6.07) is 0. The van der Waals surface area contributed by atoms with Crippen LogP contribution in [0, 0.1) is 0 Å². The fourth-order valence-electron chi connectivity index (χ4n) is 1.03. The number of hydrogen-bond acceptors (Lipinski definition) is 3. The third-order valence-electron chi connectivity index (χ3n) is 2.13. The Morgan fingerprint density at radius 2 is 2.29 bits per heavy atom. The average molecular weight is 281 g/mol. The molecule has 2 unspecified atom stereocenters. The molecule has 1 rings (SSSR count). The minimum atomic E-state index is -2.99. The molecule has 0 bridgehead atoms. The number of hydrogen-bond donors (Lipinski definition) is 1. The monoisotopic (exact) mass is 280 g/mol. The molecule has 0 fully saturated rings. The van der Waals surface area contributed by atoms with Crippen molar-refractivity contribution in [1.29, 1.82) is 0 Å². The molecule has 1 aromatic heterocycles. The Bertz CT molecular complexity index is 374. The van der Waals surface area contributed by atoms with Crippen molar-refractivity contribution < 1.29 is 8.42 Å². The molecule has 1 aromatic rings. The van der Waals surface area contributed by atoms with E-state index in [1.54, 1.807) is 19.3 Å². The van der Waals surface area contributed by atoms with Crippen molar-refractivity contribution in [1.82, 2.24) is 9.97 Å². The van der Waals surface area contributed by atoms with Gasteiger partial charge in [-0.2, -0.15) is 0 Å². The van der Waals surface area contributed by atoms with Crippen LogP contribution in [0.25, 0.3) is 0 Å². The smallest absolute Gasteiger partial charge is 0.151 e. The Kier molecular flexibility index (Phi) is 3.71. The van der Waals surface area contributed by atoms with Crippen molar-refractivity contribution in [2.24, 2.45) is 0 Å². The summed E-state index contributed by atoms with van der Waals surface area (Å²) in [5.74, 6) is 0.794. The van der Waals surface area contributed by atoms with Gasteiger partial charge in [0.1, 0.15) is 5.82 Å². The second-order valence-electron chi connectivity index (χ2n) is 3.29. The average Bonchev–Trinajstić information content (AvgIpc) is 2.53. The first-order chi connectivity index (χ1) is 6.41. The Morgan fingerprint density at radius 3 is 2.71 bits per heavy atom. The summed E-state index contributed by atoms with van der Waals surface area (Å²) in [6.45, 7) is 1.69. The molecule has 1 N–H and O–H groups in total. The molecular formula is C8H13BrN2O2S. The SMILES string of the molecule is CC(C(Br)Cc1ncc[nH]1)S(C)(=O)=O. The summed E-state index contributed by atoms with van der Waals surface area (Å²) < 4.78 is 22.5. The van der Waals surface area contributed by atoms with Crippen LogP contribution >= 0.6 is 15.9 Å². The number of aromatic nitrogens is 2. The van der Waals surface area contributed by atoms with Crippen LogP contribution in [0.15, 0.2) is 12.4 Å². The molecule has 0 aliphatic rings. The van der Waals surface area contributed by atoms with Gasteiger partial charge in [0.05, 0.1) is 5.25 Å². The number of H-pyrrole nitrogens is 1. The fraction of sp³-hybridized carbons (Fsp3) is 0.625. The molecule has 0 aromatic carbocycles. The highest BCUT2D eigenvalue weighted by molar-refractivity contribution is 9.09. The molecule has 0 radical (unpaired) electrons. The van der Waals surface area contributed by atoms with Gasteiger partial charge in [-0.25, -0.2) is 13.4 Å². The summed E-state index contributed by atoms with van der Waals surface area (Å²) in [5, 5.41) is -0.410. The maximum absolute atomic E-state index is 11.2. The second kappa shape index (κ2) is 4.44. The van der Waals surface area contributed by atoms with Gasteiger partial charge in [-0.05, 0) is 6.92 Å². The quantitative estimate of drug-likeness (QED) is 0.842. The Hall–Kier alpha value is -0.360. The molecular weight excluding hydrogens is 268 g/mol. The minimum absolute atomic E-state index is 0.108. The van der Waals surface area contributed by atoms with E-state index >= 15 is 0 Å². The third-order valence-corrected chi connectivity index (χ3v) is 5.27. The molecule has 0 saturated heterocycles. The molecule has 80 valence electrons. The first-order valence-corrected chi connectivity index (χ1v) is 7.09. The van der Waals surface area contributed by atoms with Gasteiger partial charge < -0.3 is 4.98 Å². The van der Waals surface area contributed by atoms with Crippen LogP contribution in [-0.2, 0) is 16.3 Å². The molecule has 1 heterocycles. The molecule has 2 atom stereocenters. The van der Waals surface area contributed by atoms with Crippen LogP contribution in [0.2, 0.25) is 0 Å². The largest absolute Gasteiger partial charge is 0.349 e. The van der Waals surface area contributed by atoms with E-state index in [0.717, 1.165) is 5.82 Å². The molecule has 4 nitrogen and oxygen atoms in total. The van der Waals surface area contributed by atoms with Crippen LogP contribution in [-0.4, -0.2) is 34.7 Å². The summed E-state index contributed by atoms with van der Waals surface area (Å²) in [7, 11) is -2.99. The van der Waals surface area contributed by atoms with Crippen molar-refractivity contribution in [3.63, 3.8) is 0 Å². The number of sulfone groups is 1. The van der Waals surface area contributed by atoms with Gasteiger partial charge in [-0.1, -0.05) is 15.9 Å². The van der Waals surface area contributed by atoms with Crippen LogP contribution in [0.4, 0.5) is 0 Å². The number of alkyl halides is 1. The van der Waals surface area contributed by atoms with Gasteiger partial charge >= 0.3 is 0 Å². The predicted octanol–water partition coefficient (Wildman–Crippen LogP) is 1.15. The fourth-order valence-corrected chi connectivity index (χ4v) is 3.14. The van der Waals surface area contributed by atoms with E-state index in [1.807, 2.05) is 0 Å². The van der Waals surface area contributed by atoms with Crippen LogP contribution < -0.4 is 0 Å². The topological polar surface area (TPSA) is 62.8 Å². The summed E-state index contributed by atoms with van der Waals surface area (Å²) in [4.78, 5) is 6.87. The maximum Gasteiger partial charge on any atom is 0.151 e. The van der Waals surface area contributed by atoms with E-state index in [4.69, 9.17) is 0 Å². The maximum atomic E-state index is 11.2. The van der Waals surface area contributed by atoms with E-state index in [-0.39, 0.29) is 4.83 Å². The zero-order chi connectivity index (χ0) is 10.8. The number of nitrogens with zero attached hydrogens (tertiary/aromatic N) is 1. The lowest BCUT2D eigenvalue weighted by Gasteiger charge is -2.15. The molecule has 0 saturated carbocycles. The molecule has 0 spiro atoms. The first-order valence-electron chi connectivity index (χ1n) is 4.22. The highest BCUT2D eigenvalue weighted by Crippen LogP contribution is 2.16. The number of aromatic amines is 1. The molecule has 0 amide bonds. The van der Waals surface area contributed by atoms with Crippen LogP contribution in [0.1, 0.15) is 12.7 Å². The highest BCUT2D eigenvalue weighted by Gasteiger charge is 2.24. The second-order valence-corrected chi connectivity index (χ2v) is 6.87. The molecule has 14 heavy (non-hydrogen) atoms. The lowest BCUT2D eigenvalue weighted by Crippen LogP contribution is -2.28. The van der Waals surface area contributed by atoms with Crippen molar-refractivity contribution >= 4 is 25.8 Å². The number of imidazole rings is 1. The highest BCUT2D eigenvalue weighted by atomic mass is 79.9. The summed E-state index contributed by atoms with van der Waals surface area (Å²) >= 11 is 3.36. The standard InChI is InChI=1S/C8H13BrN2O2S/c1-6(14(2,12)13)7(9)5-8-10-3-4-11-8/h3-4,6-7H,5H2,1-2H3,(H,10,11). The lowest BCUT2D eigenvalue weighted by atomic mass is 10.2. The van der Waals surface area contributed by atoms with Crippen molar-refractivity contribution in [2.45, 2.75) is 23.4 Å². The molecule has 0 aliphatic heterocycles. The minimum Gasteiger partial charge on any atom is -0.349 e. The van der Waals surface area contributed by atoms with E-state index in [9.17, 15) is 8.42 Å². The van der Waals surface area contributed by atoms with Gasteiger partial charge in [0, 0.05) is 29.9 Å². The zero-order valence-electron chi connectivity index (χ0n) is 8.07.